The van der Waals surface area contributed by atoms with Crippen LogP contribution in [0.2, 0.25) is 0 Å². The van der Waals surface area contributed by atoms with Crippen LogP contribution < -0.4 is 10.1 Å². The third-order valence-electron chi connectivity index (χ3n) is 4.25. The van der Waals surface area contributed by atoms with Crippen LogP contribution in [0.3, 0.4) is 0 Å². The molecule has 0 aliphatic carbocycles. The zero-order chi connectivity index (χ0) is 15.0. The highest BCUT2D eigenvalue weighted by Gasteiger charge is 2.16. The van der Waals surface area contributed by atoms with Gasteiger partial charge in [0.05, 0.1) is 13.2 Å². The summed E-state index contributed by atoms with van der Waals surface area (Å²) in [5, 5.41) is 4.88. The Morgan fingerprint density at radius 2 is 2.00 bits per heavy atom. The minimum Gasteiger partial charge on any atom is -0.494 e. The van der Waals surface area contributed by atoms with E-state index < -0.39 is 0 Å². The van der Waals surface area contributed by atoms with E-state index in [9.17, 15) is 0 Å². The van der Waals surface area contributed by atoms with Crippen LogP contribution in [0, 0.1) is 0 Å². The molecule has 3 nitrogen and oxygen atoms in total. The fraction of sp³-hybridized carbons (Fsp3) is 0.474. The van der Waals surface area contributed by atoms with Crippen LogP contribution in [-0.2, 0) is 4.74 Å². The van der Waals surface area contributed by atoms with Crippen LogP contribution in [0.25, 0.3) is 10.8 Å². The van der Waals surface area contributed by atoms with Gasteiger partial charge >= 0.3 is 0 Å². The summed E-state index contributed by atoms with van der Waals surface area (Å²) in [6.45, 7) is 4.04. The summed E-state index contributed by atoms with van der Waals surface area (Å²) in [7, 11) is 0. The Morgan fingerprint density at radius 3 is 2.86 bits per heavy atom. The number of nitrogens with two attached hydrogens (primary N) is 1. The number of benzene rings is 2. The Morgan fingerprint density at radius 1 is 1.09 bits per heavy atom. The van der Waals surface area contributed by atoms with Crippen molar-refractivity contribution in [2.75, 3.05) is 26.3 Å². The molecule has 1 atom stereocenters. The topological polar surface area (TPSA) is 35.1 Å². The summed E-state index contributed by atoms with van der Waals surface area (Å²) in [6.07, 6.45) is 5.27. The standard InChI is InChI=1S/C19H25NO2/c1-2-7-17-14-18(10-9-16(17)6-1)21-12-4-3-11-20-15-19-8-5-13-22-19/h1-2,6-7,9-10,14,19-20H,3-5,8,11-13,15H2/p+1/t19-/m1/s1. The van der Waals surface area contributed by atoms with Gasteiger partial charge in [0.15, 0.2) is 0 Å². The van der Waals surface area contributed by atoms with E-state index in [1.54, 1.807) is 0 Å². The van der Waals surface area contributed by atoms with Gasteiger partial charge in [-0.2, -0.15) is 0 Å². The lowest BCUT2D eigenvalue weighted by molar-refractivity contribution is -0.661. The molecule has 2 aromatic carbocycles. The molecule has 0 saturated carbocycles. The number of hydrogen-bond acceptors (Lipinski definition) is 2. The molecule has 2 N–H and O–H groups in total. The van der Waals surface area contributed by atoms with Gasteiger partial charge in [-0.25, -0.2) is 0 Å². The van der Waals surface area contributed by atoms with E-state index in [0.29, 0.717) is 6.10 Å². The number of quaternary nitrogens is 1. The van der Waals surface area contributed by atoms with Gasteiger partial charge in [0.2, 0.25) is 0 Å². The largest absolute Gasteiger partial charge is 0.494 e. The molecule has 3 rings (SSSR count). The lowest BCUT2D eigenvalue weighted by Gasteiger charge is -2.09. The highest BCUT2D eigenvalue weighted by atomic mass is 16.5. The SMILES string of the molecule is c1ccc2cc(OCCCC[NH2+]C[C@H]3CCCO3)ccc2c1. The van der Waals surface area contributed by atoms with Crippen molar-refractivity contribution in [3.63, 3.8) is 0 Å². The van der Waals surface area contributed by atoms with Crippen LogP contribution in [0.5, 0.6) is 5.75 Å². The maximum Gasteiger partial charge on any atom is 0.119 e. The van der Waals surface area contributed by atoms with E-state index in [1.807, 2.05) is 0 Å². The summed E-state index contributed by atoms with van der Waals surface area (Å²) < 4.78 is 11.5. The number of ether oxygens (including phenoxy) is 2. The Hall–Kier alpha value is -1.58. The fourth-order valence-electron chi connectivity index (χ4n) is 2.97. The van der Waals surface area contributed by atoms with E-state index in [0.717, 1.165) is 31.9 Å². The van der Waals surface area contributed by atoms with Gasteiger partial charge in [0.1, 0.15) is 18.4 Å². The Labute approximate surface area is 132 Å². The normalized spacial score (nSPS) is 17.9. The molecule has 3 heteroatoms. The van der Waals surface area contributed by atoms with Gasteiger partial charge in [-0.05, 0) is 48.6 Å². The van der Waals surface area contributed by atoms with Crippen LogP contribution in [0.1, 0.15) is 25.7 Å². The monoisotopic (exact) mass is 300 g/mol. The highest BCUT2D eigenvalue weighted by Crippen LogP contribution is 2.20. The lowest BCUT2D eigenvalue weighted by atomic mass is 10.1. The summed E-state index contributed by atoms with van der Waals surface area (Å²) in [5.74, 6) is 0.974. The van der Waals surface area contributed by atoms with Crippen LogP contribution in [0.4, 0.5) is 0 Å². The lowest BCUT2D eigenvalue weighted by Crippen LogP contribution is -2.86. The minimum absolute atomic E-state index is 0.494. The van der Waals surface area contributed by atoms with Crippen molar-refractivity contribution in [1.29, 1.82) is 0 Å². The minimum atomic E-state index is 0.494. The van der Waals surface area contributed by atoms with Crippen LogP contribution >= 0.6 is 0 Å². The average Bonchev–Trinajstić information content (AvgIpc) is 3.07. The highest BCUT2D eigenvalue weighted by molar-refractivity contribution is 5.83. The van der Waals surface area contributed by atoms with Crippen molar-refractivity contribution in [2.24, 2.45) is 0 Å². The first-order chi connectivity index (χ1) is 10.9. The van der Waals surface area contributed by atoms with Crippen molar-refractivity contribution in [2.45, 2.75) is 31.8 Å². The second kappa shape index (κ2) is 8.16. The predicted octanol–water partition coefficient (Wildman–Crippen LogP) is 2.74. The molecule has 2 aromatic rings. The van der Waals surface area contributed by atoms with Gasteiger partial charge in [-0.1, -0.05) is 30.3 Å². The van der Waals surface area contributed by atoms with Gasteiger partial charge in [-0.3, -0.25) is 0 Å². The van der Waals surface area contributed by atoms with E-state index in [-0.39, 0.29) is 0 Å². The fourth-order valence-corrected chi connectivity index (χ4v) is 2.97. The maximum absolute atomic E-state index is 5.86. The third kappa shape index (κ3) is 4.46. The van der Waals surface area contributed by atoms with Crippen molar-refractivity contribution in [3.05, 3.63) is 42.5 Å². The quantitative estimate of drug-likeness (QED) is 0.761. The maximum atomic E-state index is 5.86. The van der Waals surface area contributed by atoms with Gasteiger partial charge in [0, 0.05) is 6.61 Å². The Balaban J connectivity index is 1.30. The molecule has 22 heavy (non-hydrogen) atoms. The molecular formula is C19H26NO2+. The van der Waals surface area contributed by atoms with Crippen molar-refractivity contribution >= 4 is 10.8 Å². The molecular weight excluding hydrogens is 274 g/mol. The second-order valence-corrected chi connectivity index (χ2v) is 6.01. The van der Waals surface area contributed by atoms with E-state index in [4.69, 9.17) is 9.47 Å². The second-order valence-electron chi connectivity index (χ2n) is 6.01. The first-order valence-corrected chi connectivity index (χ1v) is 8.47. The molecule has 0 bridgehead atoms. The summed E-state index contributed by atoms with van der Waals surface area (Å²) >= 11 is 0. The third-order valence-corrected chi connectivity index (χ3v) is 4.25. The molecule has 0 unspecified atom stereocenters. The molecule has 1 fully saturated rings. The molecule has 118 valence electrons. The van der Waals surface area contributed by atoms with Gasteiger partial charge in [0.25, 0.3) is 0 Å². The van der Waals surface area contributed by atoms with Crippen molar-refractivity contribution in [1.82, 2.24) is 0 Å². The summed E-state index contributed by atoms with van der Waals surface area (Å²) in [5.41, 5.74) is 0. The molecule has 1 aliphatic heterocycles. The molecule has 0 aromatic heterocycles. The molecule has 0 spiro atoms. The zero-order valence-corrected chi connectivity index (χ0v) is 13.2. The van der Waals surface area contributed by atoms with Gasteiger partial charge < -0.3 is 14.8 Å². The molecule has 0 amide bonds. The molecule has 0 radical (unpaired) electrons. The summed E-state index contributed by atoms with van der Waals surface area (Å²) in [6, 6.07) is 14.7. The predicted molar refractivity (Wildman–Crippen MR) is 89.3 cm³/mol. The Kier molecular flexibility index (Phi) is 5.68. The Bertz CT molecular complexity index is 578. The smallest absolute Gasteiger partial charge is 0.119 e. The summed E-state index contributed by atoms with van der Waals surface area (Å²) in [4.78, 5) is 0. The van der Waals surface area contributed by atoms with Crippen molar-refractivity contribution in [3.8, 4) is 5.75 Å². The van der Waals surface area contributed by atoms with Gasteiger partial charge in [-0.15, -0.1) is 0 Å². The first kappa shape index (κ1) is 15.3. The number of fused-ring (bicyclic) bond motifs is 1. The molecule has 1 saturated heterocycles. The van der Waals surface area contributed by atoms with E-state index in [1.165, 1.54) is 36.6 Å². The zero-order valence-electron chi connectivity index (χ0n) is 13.2. The number of hydrogen-bond donors (Lipinski definition) is 1. The molecule has 1 heterocycles. The molecule has 1 aliphatic rings. The first-order valence-electron chi connectivity index (χ1n) is 8.47. The number of unbranched alkanes of at least 4 members (excludes halogenated alkanes) is 1. The van der Waals surface area contributed by atoms with Crippen molar-refractivity contribution < 1.29 is 14.8 Å². The van der Waals surface area contributed by atoms with Crippen LogP contribution in [0.15, 0.2) is 42.5 Å². The van der Waals surface area contributed by atoms with E-state index >= 15 is 0 Å². The average molecular weight is 300 g/mol. The van der Waals surface area contributed by atoms with E-state index in [2.05, 4.69) is 47.8 Å². The number of rotatable bonds is 8. The van der Waals surface area contributed by atoms with Crippen LogP contribution in [-0.4, -0.2) is 32.4 Å².